The zero-order chi connectivity index (χ0) is 10.2. The van der Waals surface area contributed by atoms with E-state index in [1.54, 1.807) is 0 Å². The molecule has 1 saturated carbocycles. The molecule has 1 aliphatic carbocycles. The molecule has 0 unspecified atom stereocenters. The van der Waals surface area contributed by atoms with Gasteiger partial charge in [-0.25, -0.2) is 0 Å². The molecule has 82 valence electrons. The van der Waals surface area contributed by atoms with Gasteiger partial charge in [-0.05, 0) is 44.1 Å². The summed E-state index contributed by atoms with van der Waals surface area (Å²) in [5.74, 6) is 0.832. The van der Waals surface area contributed by atoms with Crippen LogP contribution in [0.4, 0.5) is 0 Å². The second-order valence-corrected chi connectivity index (χ2v) is 5.97. The first kappa shape index (κ1) is 10.5. The molecule has 14 heavy (non-hydrogen) atoms. The molecule has 2 fully saturated rings. The second kappa shape index (κ2) is 3.84. The maximum Gasteiger partial charge on any atom is 0.0116 e. The van der Waals surface area contributed by atoms with E-state index in [1.807, 2.05) is 0 Å². The van der Waals surface area contributed by atoms with Gasteiger partial charge in [-0.3, -0.25) is 0 Å². The number of likely N-dealkylation sites (tertiary alicyclic amines) is 1. The summed E-state index contributed by atoms with van der Waals surface area (Å²) in [7, 11) is 2.34. The molecule has 0 N–H and O–H groups in total. The number of piperidine rings is 1. The fraction of sp³-hybridized carbons (Fsp3) is 1.00. The minimum Gasteiger partial charge on any atom is -0.303 e. The van der Waals surface area contributed by atoms with Crippen molar-refractivity contribution in [1.82, 2.24) is 4.90 Å². The van der Waals surface area contributed by atoms with Crippen molar-refractivity contribution in [3.05, 3.63) is 0 Å². The molecule has 2 rings (SSSR count). The van der Waals surface area contributed by atoms with Crippen LogP contribution in [0.3, 0.4) is 0 Å². The Morgan fingerprint density at radius 2 is 1.79 bits per heavy atom. The quantitative estimate of drug-likeness (QED) is 0.620. The Hall–Kier alpha value is -0.0400. The third kappa shape index (κ3) is 1.84. The van der Waals surface area contributed by atoms with Crippen LogP contribution in [0.1, 0.15) is 52.4 Å². The molecular weight excluding hydrogens is 170 g/mol. The van der Waals surface area contributed by atoms with Crippen molar-refractivity contribution in [2.45, 2.75) is 58.4 Å². The van der Waals surface area contributed by atoms with Crippen molar-refractivity contribution in [3.8, 4) is 0 Å². The highest BCUT2D eigenvalue weighted by molar-refractivity contribution is 4.93. The van der Waals surface area contributed by atoms with E-state index < -0.39 is 0 Å². The van der Waals surface area contributed by atoms with E-state index in [0.717, 1.165) is 17.4 Å². The highest BCUT2D eigenvalue weighted by atomic mass is 15.1. The molecule has 1 atom stereocenters. The number of hydrogen-bond acceptors (Lipinski definition) is 1. The third-order valence-corrected chi connectivity index (χ3v) is 4.56. The van der Waals surface area contributed by atoms with Crippen LogP contribution in [0.15, 0.2) is 0 Å². The summed E-state index contributed by atoms with van der Waals surface area (Å²) < 4.78 is 0. The predicted molar refractivity (Wildman–Crippen MR) is 61.4 cm³/mol. The first-order valence-electron chi connectivity index (χ1n) is 6.33. The van der Waals surface area contributed by atoms with Crippen molar-refractivity contribution >= 4 is 0 Å². The van der Waals surface area contributed by atoms with Gasteiger partial charge >= 0.3 is 0 Å². The highest BCUT2D eigenvalue weighted by Crippen LogP contribution is 2.46. The van der Waals surface area contributed by atoms with Crippen LogP contribution in [-0.2, 0) is 0 Å². The van der Waals surface area contributed by atoms with Crippen molar-refractivity contribution in [2.75, 3.05) is 13.6 Å². The minimum atomic E-state index is 0.736. The first-order valence-corrected chi connectivity index (χ1v) is 6.33. The maximum absolute atomic E-state index is 2.64. The monoisotopic (exact) mass is 195 g/mol. The summed E-state index contributed by atoms with van der Waals surface area (Å²) in [6.07, 6.45) is 8.92. The smallest absolute Gasteiger partial charge is 0.0116 e. The average Bonchev–Trinajstić information content (AvgIpc) is 2.52. The molecule has 0 bridgehead atoms. The fourth-order valence-electron chi connectivity index (χ4n) is 3.78. The van der Waals surface area contributed by atoms with Crippen LogP contribution in [0.5, 0.6) is 0 Å². The lowest BCUT2D eigenvalue weighted by Crippen LogP contribution is -2.47. The molecule has 1 spiro atoms. The molecule has 0 aromatic carbocycles. The van der Waals surface area contributed by atoms with Crippen LogP contribution in [0.25, 0.3) is 0 Å². The summed E-state index contributed by atoms with van der Waals surface area (Å²) in [5, 5.41) is 0. The van der Waals surface area contributed by atoms with Gasteiger partial charge in [0.2, 0.25) is 0 Å². The Kier molecular flexibility index (Phi) is 2.88. The maximum atomic E-state index is 2.64. The van der Waals surface area contributed by atoms with E-state index in [-0.39, 0.29) is 0 Å². The molecule has 0 amide bonds. The summed E-state index contributed by atoms with van der Waals surface area (Å²) in [6.45, 7) is 6.11. The lowest BCUT2D eigenvalue weighted by molar-refractivity contribution is 0.0450. The van der Waals surface area contributed by atoms with E-state index in [0.29, 0.717) is 0 Å². The Bertz CT molecular complexity index is 191. The topological polar surface area (TPSA) is 3.24 Å². The Balaban J connectivity index is 1.98. The zero-order valence-corrected chi connectivity index (χ0v) is 10.1. The Labute approximate surface area is 88.9 Å². The third-order valence-electron chi connectivity index (χ3n) is 4.56. The molecule has 0 radical (unpaired) electrons. The molecular formula is C13H25N. The van der Waals surface area contributed by atoms with E-state index in [9.17, 15) is 0 Å². The summed E-state index contributed by atoms with van der Waals surface area (Å²) in [5.41, 5.74) is 0.736. The van der Waals surface area contributed by atoms with Gasteiger partial charge < -0.3 is 4.90 Å². The molecule has 1 heteroatoms. The van der Waals surface area contributed by atoms with Gasteiger partial charge in [0.15, 0.2) is 0 Å². The minimum absolute atomic E-state index is 0.736. The predicted octanol–water partition coefficient (Wildman–Crippen LogP) is 3.30. The van der Waals surface area contributed by atoms with Crippen molar-refractivity contribution in [3.63, 3.8) is 0 Å². The van der Waals surface area contributed by atoms with Gasteiger partial charge in [0.05, 0.1) is 0 Å². The van der Waals surface area contributed by atoms with Crippen molar-refractivity contribution in [1.29, 1.82) is 0 Å². The molecule has 0 aromatic heterocycles. The van der Waals surface area contributed by atoms with Crippen LogP contribution >= 0.6 is 0 Å². The number of nitrogens with zero attached hydrogens (tertiary/aromatic N) is 1. The molecule has 1 aliphatic heterocycles. The van der Waals surface area contributed by atoms with E-state index in [4.69, 9.17) is 0 Å². The summed E-state index contributed by atoms with van der Waals surface area (Å²) in [4.78, 5) is 2.64. The zero-order valence-electron chi connectivity index (χ0n) is 10.1. The lowest BCUT2D eigenvalue weighted by Gasteiger charge is -2.45. The second-order valence-electron chi connectivity index (χ2n) is 5.97. The van der Waals surface area contributed by atoms with Gasteiger partial charge in [0.25, 0.3) is 0 Å². The van der Waals surface area contributed by atoms with Crippen LogP contribution < -0.4 is 0 Å². The first-order chi connectivity index (χ1) is 6.63. The molecule has 1 saturated heterocycles. The molecule has 1 nitrogen and oxygen atoms in total. The molecule has 1 heterocycles. The number of hydrogen-bond donors (Lipinski definition) is 0. The highest BCUT2D eigenvalue weighted by Gasteiger charge is 2.40. The van der Waals surface area contributed by atoms with Crippen LogP contribution in [0.2, 0.25) is 0 Å². The summed E-state index contributed by atoms with van der Waals surface area (Å²) in [6, 6.07) is 0.848. The van der Waals surface area contributed by atoms with Gasteiger partial charge in [-0.15, -0.1) is 0 Å². The largest absolute Gasteiger partial charge is 0.303 e. The van der Waals surface area contributed by atoms with Crippen molar-refractivity contribution in [2.24, 2.45) is 11.3 Å². The summed E-state index contributed by atoms with van der Waals surface area (Å²) >= 11 is 0. The standard InChI is InChI=1S/C13H25N/c1-11(2)12-6-9-13(10-14(12)3)7-4-5-8-13/h11-12H,4-10H2,1-3H3/t12-/m0/s1. The normalized spacial score (nSPS) is 33.0. The SMILES string of the molecule is CC(C)[C@@H]1CCC2(CCCC2)CN1C. The van der Waals surface area contributed by atoms with E-state index in [1.165, 1.54) is 45.1 Å². The Morgan fingerprint density at radius 3 is 2.29 bits per heavy atom. The van der Waals surface area contributed by atoms with Gasteiger partial charge in [0.1, 0.15) is 0 Å². The molecule has 2 aliphatic rings. The lowest BCUT2D eigenvalue weighted by atomic mass is 9.75. The number of rotatable bonds is 1. The van der Waals surface area contributed by atoms with Gasteiger partial charge in [-0.2, -0.15) is 0 Å². The molecule has 0 aromatic rings. The Morgan fingerprint density at radius 1 is 1.14 bits per heavy atom. The van der Waals surface area contributed by atoms with E-state index in [2.05, 4.69) is 25.8 Å². The fourth-order valence-corrected chi connectivity index (χ4v) is 3.78. The van der Waals surface area contributed by atoms with E-state index >= 15 is 0 Å². The average molecular weight is 195 g/mol. The van der Waals surface area contributed by atoms with Crippen LogP contribution in [0, 0.1) is 11.3 Å². The van der Waals surface area contributed by atoms with Gasteiger partial charge in [0, 0.05) is 12.6 Å². The van der Waals surface area contributed by atoms with Crippen LogP contribution in [-0.4, -0.2) is 24.5 Å². The van der Waals surface area contributed by atoms with Crippen molar-refractivity contribution < 1.29 is 0 Å². The van der Waals surface area contributed by atoms with Gasteiger partial charge in [-0.1, -0.05) is 26.7 Å².